The molecule has 2 aromatic carbocycles. The van der Waals surface area contributed by atoms with Gasteiger partial charge in [-0.2, -0.15) is 0 Å². The molecule has 3 rings (SSSR count). The van der Waals surface area contributed by atoms with E-state index in [-0.39, 0.29) is 18.6 Å². The van der Waals surface area contributed by atoms with Gasteiger partial charge in [-0.15, -0.1) is 0 Å². The van der Waals surface area contributed by atoms with Crippen molar-refractivity contribution in [2.75, 3.05) is 7.11 Å². The summed E-state index contributed by atoms with van der Waals surface area (Å²) < 4.78 is 11.3. The predicted molar refractivity (Wildman–Crippen MR) is 109 cm³/mol. The molecule has 3 aromatic rings. The average molecular weight is 446 g/mol. The maximum absolute atomic E-state index is 12.6. The van der Waals surface area contributed by atoms with E-state index in [1.807, 2.05) is 13.8 Å². The fourth-order valence-corrected chi connectivity index (χ4v) is 3.03. The summed E-state index contributed by atoms with van der Waals surface area (Å²) in [6.45, 7) is 4.01. The lowest BCUT2D eigenvalue weighted by Crippen LogP contribution is -2.24. The van der Waals surface area contributed by atoms with Gasteiger partial charge in [0.1, 0.15) is 11.6 Å². The Morgan fingerprint density at radius 2 is 2.00 bits per heavy atom. The Labute approximate surface area is 170 Å². The number of fused-ring (bicyclic) bond motifs is 1. The molecule has 28 heavy (non-hydrogen) atoms. The number of carbonyl (C=O) groups excluding carboxylic acids is 2. The highest BCUT2D eigenvalue weighted by Gasteiger charge is 2.15. The minimum atomic E-state index is -0.417. The fourth-order valence-electron chi connectivity index (χ4n) is 2.69. The van der Waals surface area contributed by atoms with E-state index in [1.54, 1.807) is 36.4 Å². The van der Waals surface area contributed by atoms with E-state index < -0.39 is 5.97 Å². The minimum absolute atomic E-state index is 0.0553. The molecule has 1 aromatic heterocycles. The first-order valence-electron chi connectivity index (χ1n) is 8.68. The van der Waals surface area contributed by atoms with Gasteiger partial charge in [-0.1, -0.05) is 15.9 Å². The van der Waals surface area contributed by atoms with Crippen molar-refractivity contribution in [1.29, 1.82) is 0 Å². The van der Waals surface area contributed by atoms with Crippen molar-refractivity contribution in [2.45, 2.75) is 26.5 Å². The largest absolute Gasteiger partial charge is 0.490 e. The Hall–Kier alpha value is -2.87. The Bertz CT molecular complexity index is 1030. The smallest absolute Gasteiger partial charge is 0.337 e. The van der Waals surface area contributed by atoms with Crippen LogP contribution < -0.4 is 10.1 Å². The monoisotopic (exact) mass is 445 g/mol. The van der Waals surface area contributed by atoms with Gasteiger partial charge in [-0.05, 0) is 50.2 Å². The van der Waals surface area contributed by atoms with Crippen LogP contribution in [0, 0.1) is 0 Å². The van der Waals surface area contributed by atoms with Crippen LogP contribution in [0.1, 0.15) is 40.4 Å². The van der Waals surface area contributed by atoms with Crippen LogP contribution in [0.15, 0.2) is 40.9 Å². The van der Waals surface area contributed by atoms with Crippen LogP contribution in [0.2, 0.25) is 0 Å². The summed E-state index contributed by atoms with van der Waals surface area (Å²) in [4.78, 5) is 31.8. The molecule has 7 nitrogen and oxygen atoms in total. The molecule has 0 aliphatic carbocycles. The lowest BCUT2D eigenvalue weighted by molar-refractivity contribution is 0.0600. The number of hydrogen-bond acceptors (Lipinski definition) is 5. The number of H-pyrrole nitrogens is 1. The lowest BCUT2D eigenvalue weighted by atomic mass is 10.2. The van der Waals surface area contributed by atoms with Gasteiger partial charge in [0.15, 0.2) is 0 Å². The highest BCUT2D eigenvalue weighted by molar-refractivity contribution is 9.10. The summed E-state index contributed by atoms with van der Waals surface area (Å²) in [6, 6.07) is 10.3. The zero-order valence-electron chi connectivity index (χ0n) is 15.7. The number of halogens is 1. The van der Waals surface area contributed by atoms with Gasteiger partial charge in [0.05, 0.1) is 41.9 Å². The number of carbonyl (C=O) groups is 2. The number of aromatic nitrogens is 2. The standard InChI is InChI=1S/C20H20BrN3O4/c1-11(2)28-17-9-13(21)5-6-14(17)19(25)22-10-18-23-15-7-4-12(20(26)27-3)8-16(15)24-18/h4-9,11H,10H2,1-3H3,(H,22,25)(H,23,24). The van der Waals surface area contributed by atoms with Crippen LogP contribution in [0.25, 0.3) is 11.0 Å². The molecule has 0 aliphatic rings. The third kappa shape index (κ3) is 4.51. The molecule has 0 bridgehead atoms. The Kier molecular flexibility index (Phi) is 5.99. The number of hydrogen-bond donors (Lipinski definition) is 2. The second-order valence-corrected chi connectivity index (χ2v) is 7.31. The van der Waals surface area contributed by atoms with Crippen LogP contribution in [0.3, 0.4) is 0 Å². The summed E-state index contributed by atoms with van der Waals surface area (Å²) in [6.07, 6.45) is -0.0553. The molecule has 1 heterocycles. The Balaban J connectivity index is 1.75. The molecule has 0 saturated carbocycles. The second kappa shape index (κ2) is 8.43. The van der Waals surface area contributed by atoms with E-state index in [0.29, 0.717) is 33.7 Å². The Morgan fingerprint density at radius 1 is 1.21 bits per heavy atom. The number of ether oxygens (including phenoxy) is 2. The van der Waals surface area contributed by atoms with Gasteiger partial charge in [0, 0.05) is 4.47 Å². The van der Waals surface area contributed by atoms with E-state index >= 15 is 0 Å². The third-order valence-electron chi connectivity index (χ3n) is 3.92. The first-order chi connectivity index (χ1) is 13.4. The number of rotatable bonds is 6. The zero-order valence-corrected chi connectivity index (χ0v) is 17.3. The summed E-state index contributed by atoms with van der Waals surface area (Å²) in [5.41, 5.74) is 2.27. The molecule has 0 fully saturated rings. The van der Waals surface area contributed by atoms with E-state index in [4.69, 9.17) is 9.47 Å². The topological polar surface area (TPSA) is 93.3 Å². The number of imidazole rings is 1. The highest BCUT2D eigenvalue weighted by Crippen LogP contribution is 2.25. The van der Waals surface area contributed by atoms with Crippen LogP contribution in [-0.2, 0) is 11.3 Å². The van der Waals surface area contributed by atoms with E-state index in [9.17, 15) is 9.59 Å². The van der Waals surface area contributed by atoms with Crippen molar-refractivity contribution in [3.63, 3.8) is 0 Å². The molecule has 0 unspecified atom stereocenters. The van der Waals surface area contributed by atoms with Crippen molar-refractivity contribution in [1.82, 2.24) is 15.3 Å². The summed E-state index contributed by atoms with van der Waals surface area (Å²) in [5.74, 6) is 0.404. The van der Waals surface area contributed by atoms with E-state index in [2.05, 4.69) is 31.2 Å². The van der Waals surface area contributed by atoms with Gasteiger partial charge in [0.2, 0.25) is 0 Å². The summed E-state index contributed by atoms with van der Waals surface area (Å²) in [7, 11) is 1.33. The number of amides is 1. The van der Waals surface area contributed by atoms with Crippen LogP contribution in [0.5, 0.6) is 5.75 Å². The summed E-state index contributed by atoms with van der Waals surface area (Å²) in [5, 5.41) is 2.84. The molecule has 0 aliphatic heterocycles. The highest BCUT2D eigenvalue weighted by atomic mass is 79.9. The summed E-state index contributed by atoms with van der Waals surface area (Å²) >= 11 is 3.39. The number of nitrogens with zero attached hydrogens (tertiary/aromatic N) is 1. The first kappa shape index (κ1) is 19.9. The molecule has 0 radical (unpaired) electrons. The maximum Gasteiger partial charge on any atom is 0.337 e. The number of benzene rings is 2. The van der Waals surface area contributed by atoms with Gasteiger partial charge in [-0.3, -0.25) is 4.79 Å². The minimum Gasteiger partial charge on any atom is -0.490 e. The molecule has 1 amide bonds. The van der Waals surface area contributed by atoms with Gasteiger partial charge in [0.25, 0.3) is 5.91 Å². The molecule has 0 spiro atoms. The van der Waals surface area contributed by atoms with Crippen molar-refractivity contribution < 1.29 is 19.1 Å². The van der Waals surface area contributed by atoms with Gasteiger partial charge in [-0.25, -0.2) is 9.78 Å². The lowest BCUT2D eigenvalue weighted by Gasteiger charge is -2.14. The van der Waals surface area contributed by atoms with E-state index in [0.717, 1.165) is 4.47 Å². The second-order valence-electron chi connectivity index (χ2n) is 6.40. The SMILES string of the molecule is COC(=O)c1ccc2nc(CNC(=O)c3ccc(Br)cc3OC(C)C)[nH]c2c1. The fraction of sp³-hybridized carbons (Fsp3) is 0.250. The molecule has 0 atom stereocenters. The van der Waals surface area contributed by atoms with Crippen LogP contribution in [0.4, 0.5) is 0 Å². The first-order valence-corrected chi connectivity index (χ1v) is 9.48. The zero-order chi connectivity index (χ0) is 20.3. The average Bonchev–Trinajstić information content (AvgIpc) is 3.07. The molecular formula is C20H20BrN3O4. The number of aromatic amines is 1. The molecule has 8 heteroatoms. The van der Waals surface area contributed by atoms with Crippen LogP contribution >= 0.6 is 15.9 Å². The molecule has 2 N–H and O–H groups in total. The predicted octanol–water partition coefficient (Wildman–Crippen LogP) is 3.83. The maximum atomic E-state index is 12.6. The van der Waals surface area contributed by atoms with Gasteiger partial charge >= 0.3 is 5.97 Å². The van der Waals surface area contributed by atoms with Gasteiger partial charge < -0.3 is 19.8 Å². The van der Waals surface area contributed by atoms with Crippen LogP contribution in [-0.4, -0.2) is 35.1 Å². The normalized spacial score (nSPS) is 10.9. The number of nitrogens with one attached hydrogen (secondary N) is 2. The number of esters is 1. The van der Waals surface area contributed by atoms with Crippen molar-refractivity contribution in [2.24, 2.45) is 0 Å². The third-order valence-corrected chi connectivity index (χ3v) is 4.41. The Morgan fingerprint density at radius 3 is 2.71 bits per heavy atom. The molecule has 0 saturated heterocycles. The van der Waals surface area contributed by atoms with Crippen molar-refractivity contribution in [3.8, 4) is 5.75 Å². The number of methoxy groups -OCH3 is 1. The van der Waals surface area contributed by atoms with Crippen molar-refractivity contribution >= 4 is 38.8 Å². The molecule has 146 valence electrons. The van der Waals surface area contributed by atoms with Crippen molar-refractivity contribution in [3.05, 3.63) is 57.8 Å². The van der Waals surface area contributed by atoms with E-state index in [1.165, 1.54) is 7.11 Å². The molecular weight excluding hydrogens is 426 g/mol. The quantitative estimate of drug-likeness (QED) is 0.562.